The Bertz CT molecular complexity index is 628. The summed E-state index contributed by atoms with van der Waals surface area (Å²) in [7, 11) is -4.01. The smallest absolute Gasteiger partial charge is 0.256 e. The van der Waals surface area contributed by atoms with Crippen LogP contribution in [0.2, 0.25) is 0 Å². The van der Waals surface area contributed by atoms with Crippen LogP contribution in [0.15, 0.2) is 23.4 Å². The van der Waals surface area contributed by atoms with Crippen LogP contribution >= 0.6 is 0 Å². The highest BCUT2D eigenvalue weighted by Crippen LogP contribution is 2.22. The molecule has 0 saturated carbocycles. The second-order valence-corrected chi connectivity index (χ2v) is 7.30. The van der Waals surface area contributed by atoms with Gasteiger partial charge >= 0.3 is 0 Å². The van der Waals surface area contributed by atoms with Crippen LogP contribution in [0.25, 0.3) is 0 Å². The minimum Gasteiger partial charge on any atom is -0.377 e. The Labute approximate surface area is 122 Å². The maximum atomic E-state index is 12.5. The van der Waals surface area contributed by atoms with E-state index in [-0.39, 0.29) is 16.5 Å². The first-order valence-electron chi connectivity index (χ1n) is 6.42. The summed E-state index contributed by atoms with van der Waals surface area (Å²) in [4.78, 5) is 17.8. The third kappa shape index (κ3) is 3.21. The van der Waals surface area contributed by atoms with Gasteiger partial charge in [-0.25, -0.2) is 17.8 Å². The molecule has 1 fully saturated rings. The zero-order chi connectivity index (χ0) is 15.7. The Kier molecular flexibility index (Phi) is 4.29. The average molecular weight is 316 g/mol. The number of carbonyl (C=O) groups is 1. The number of sulfone groups is 1. The molecule has 2 heterocycles. The van der Waals surface area contributed by atoms with Crippen molar-refractivity contribution >= 4 is 15.7 Å². The van der Waals surface area contributed by atoms with Crippen molar-refractivity contribution in [2.24, 2.45) is 0 Å². The van der Waals surface area contributed by atoms with Gasteiger partial charge in [-0.05, 0) is 26.0 Å². The Morgan fingerprint density at radius 1 is 1.48 bits per heavy atom. The molecule has 0 aliphatic carbocycles. The monoisotopic (exact) mass is 316 g/mol. The summed E-state index contributed by atoms with van der Waals surface area (Å²) >= 11 is 0. The second kappa shape index (κ2) is 5.69. The van der Waals surface area contributed by atoms with Crippen molar-refractivity contribution in [3.63, 3.8) is 0 Å². The number of rotatable bonds is 3. The van der Waals surface area contributed by atoms with Crippen molar-refractivity contribution in [3.8, 4) is 0 Å². The molecule has 116 valence electrons. The molecule has 1 aliphatic heterocycles. The van der Waals surface area contributed by atoms with Gasteiger partial charge in [0.1, 0.15) is 0 Å². The molecular weight excluding hydrogens is 299 g/mol. The fourth-order valence-corrected chi connectivity index (χ4v) is 2.74. The summed E-state index contributed by atoms with van der Waals surface area (Å²) in [6, 6.07) is 0.989. The number of morpholine rings is 1. The van der Waals surface area contributed by atoms with Crippen LogP contribution in [-0.2, 0) is 14.6 Å². The van der Waals surface area contributed by atoms with Crippen LogP contribution in [0.1, 0.15) is 24.2 Å². The molecule has 6 nitrogen and oxygen atoms in total. The van der Waals surface area contributed by atoms with E-state index in [2.05, 4.69) is 4.98 Å². The Morgan fingerprint density at radius 3 is 2.71 bits per heavy atom. The molecule has 0 bridgehead atoms. The molecule has 0 spiro atoms. The van der Waals surface area contributed by atoms with Crippen LogP contribution < -0.4 is 0 Å². The van der Waals surface area contributed by atoms with Crippen LogP contribution in [0.5, 0.6) is 0 Å². The zero-order valence-electron chi connectivity index (χ0n) is 11.9. The summed E-state index contributed by atoms with van der Waals surface area (Å²) in [5, 5.41) is -0.372. The summed E-state index contributed by atoms with van der Waals surface area (Å²) in [6.45, 7) is 5.12. The van der Waals surface area contributed by atoms with Gasteiger partial charge in [0, 0.05) is 12.7 Å². The van der Waals surface area contributed by atoms with Crippen molar-refractivity contribution in [2.75, 3.05) is 25.8 Å². The fourth-order valence-electron chi connectivity index (χ4n) is 2.14. The van der Waals surface area contributed by atoms with Gasteiger partial charge in [-0.15, -0.1) is 0 Å². The van der Waals surface area contributed by atoms with E-state index in [1.54, 1.807) is 4.90 Å². The lowest BCUT2D eigenvalue weighted by Gasteiger charge is -2.42. The van der Waals surface area contributed by atoms with Gasteiger partial charge in [-0.1, -0.05) is 0 Å². The first-order valence-corrected chi connectivity index (χ1v) is 8.08. The molecule has 1 aromatic rings. The van der Waals surface area contributed by atoms with Crippen LogP contribution in [0, 0.1) is 0 Å². The number of nitrogens with zero attached hydrogens (tertiary/aromatic N) is 2. The molecule has 2 rings (SSSR count). The number of halogens is 1. The van der Waals surface area contributed by atoms with Gasteiger partial charge in [0.25, 0.3) is 5.91 Å². The minimum absolute atomic E-state index is 0.250. The number of amides is 1. The molecule has 0 N–H and O–H groups in total. The molecule has 0 atom stereocenters. The van der Waals surface area contributed by atoms with E-state index in [1.165, 1.54) is 6.07 Å². The van der Waals surface area contributed by atoms with E-state index < -0.39 is 21.4 Å². The molecule has 21 heavy (non-hydrogen) atoms. The molecule has 1 saturated heterocycles. The van der Waals surface area contributed by atoms with Crippen molar-refractivity contribution < 1.29 is 22.3 Å². The quantitative estimate of drug-likeness (QED) is 0.832. The fraction of sp³-hybridized carbons (Fsp3) is 0.538. The SMILES string of the molecule is CC1(C)COCCN1C(=O)c1ccc(S(=O)(=O)CF)nc1. The van der Waals surface area contributed by atoms with Gasteiger partial charge in [0.2, 0.25) is 9.84 Å². The van der Waals surface area contributed by atoms with Gasteiger partial charge in [0.05, 0.1) is 24.3 Å². The second-order valence-electron chi connectivity index (χ2n) is 5.43. The predicted molar refractivity (Wildman–Crippen MR) is 73.3 cm³/mol. The first-order chi connectivity index (χ1) is 9.78. The number of hydrogen-bond donors (Lipinski definition) is 0. The normalized spacial score (nSPS) is 18.5. The number of aromatic nitrogens is 1. The molecule has 1 aliphatic rings. The van der Waals surface area contributed by atoms with Crippen LogP contribution in [-0.4, -0.2) is 55.5 Å². The molecule has 1 amide bonds. The van der Waals surface area contributed by atoms with E-state index in [1.807, 2.05) is 13.8 Å². The lowest BCUT2D eigenvalue weighted by molar-refractivity contribution is -0.0370. The van der Waals surface area contributed by atoms with Crippen molar-refractivity contribution in [2.45, 2.75) is 24.4 Å². The molecule has 0 unspecified atom stereocenters. The lowest BCUT2D eigenvalue weighted by atomic mass is 10.0. The van der Waals surface area contributed by atoms with E-state index in [9.17, 15) is 17.6 Å². The molecule has 0 aromatic carbocycles. The van der Waals surface area contributed by atoms with Gasteiger partial charge in [-0.3, -0.25) is 4.79 Å². The highest BCUT2D eigenvalue weighted by Gasteiger charge is 2.34. The lowest BCUT2D eigenvalue weighted by Crippen LogP contribution is -2.55. The van der Waals surface area contributed by atoms with Gasteiger partial charge < -0.3 is 9.64 Å². The number of alkyl halides is 1. The van der Waals surface area contributed by atoms with Crippen LogP contribution in [0.3, 0.4) is 0 Å². The van der Waals surface area contributed by atoms with Gasteiger partial charge in [0.15, 0.2) is 11.0 Å². The largest absolute Gasteiger partial charge is 0.377 e. The highest BCUT2D eigenvalue weighted by atomic mass is 32.2. The first kappa shape index (κ1) is 15.8. The van der Waals surface area contributed by atoms with Crippen molar-refractivity contribution in [1.29, 1.82) is 0 Å². The molecule has 0 radical (unpaired) electrons. The predicted octanol–water partition coefficient (Wildman–Crippen LogP) is 1.03. The highest BCUT2D eigenvalue weighted by molar-refractivity contribution is 7.91. The average Bonchev–Trinajstić information content (AvgIpc) is 2.46. The third-order valence-corrected chi connectivity index (χ3v) is 4.50. The zero-order valence-corrected chi connectivity index (χ0v) is 12.7. The molecular formula is C13H17FN2O4S. The van der Waals surface area contributed by atoms with E-state index in [4.69, 9.17) is 4.74 Å². The summed E-state index contributed by atoms with van der Waals surface area (Å²) in [5.74, 6) is -0.250. The summed E-state index contributed by atoms with van der Waals surface area (Å²) in [6.07, 6.45) is 1.16. The van der Waals surface area contributed by atoms with E-state index >= 15 is 0 Å². The number of hydrogen-bond acceptors (Lipinski definition) is 5. The summed E-state index contributed by atoms with van der Waals surface area (Å²) in [5.41, 5.74) is -0.179. The maximum absolute atomic E-state index is 12.5. The van der Waals surface area contributed by atoms with E-state index in [0.717, 1.165) is 12.3 Å². The number of ether oxygens (including phenoxy) is 1. The van der Waals surface area contributed by atoms with E-state index in [0.29, 0.717) is 19.8 Å². The molecule has 1 aromatic heterocycles. The standard InChI is InChI=1S/C13H17FN2O4S/c1-13(2)8-20-6-5-16(13)12(17)10-3-4-11(15-7-10)21(18,19)9-14/h3-4,7H,5-6,8-9H2,1-2H3. The van der Waals surface area contributed by atoms with Crippen molar-refractivity contribution in [1.82, 2.24) is 9.88 Å². The summed E-state index contributed by atoms with van der Waals surface area (Å²) < 4.78 is 40.4. The number of carbonyl (C=O) groups excluding carboxylic acids is 1. The Hall–Kier alpha value is -1.54. The number of pyridine rings is 1. The molecule has 8 heteroatoms. The van der Waals surface area contributed by atoms with Crippen LogP contribution in [0.4, 0.5) is 4.39 Å². The topological polar surface area (TPSA) is 76.6 Å². The Morgan fingerprint density at radius 2 is 2.19 bits per heavy atom. The van der Waals surface area contributed by atoms with Gasteiger partial charge in [-0.2, -0.15) is 0 Å². The van der Waals surface area contributed by atoms with Crippen molar-refractivity contribution in [3.05, 3.63) is 23.9 Å². The minimum atomic E-state index is -4.01. The third-order valence-electron chi connectivity index (χ3n) is 3.34. The Balaban J connectivity index is 2.24. The maximum Gasteiger partial charge on any atom is 0.256 e.